The first kappa shape index (κ1) is 23.0. The molecule has 1 fully saturated rings. The smallest absolute Gasteiger partial charge is 0.308 e. The van der Waals surface area contributed by atoms with Crippen molar-refractivity contribution in [2.24, 2.45) is 5.92 Å². The first-order valence-electron chi connectivity index (χ1n) is 11.3. The Kier molecular flexibility index (Phi) is 7.06. The number of nitrogens with zero attached hydrogens (tertiary/aromatic N) is 2. The summed E-state index contributed by atoms with van der Waals surface area (Å²) in [5.74, 6) is 0.897. The Balaban J connectivity index is 1.40. The van der Waals surface area contributed by atoms with Crippen LogP contribution >= 0.6 is 0 Å². The van der Waals surface area contributed by atoms with Crippen molar-refractivity contribution >= 4 is 12.0 Å². The maximum atomic E-state index is 11.6. The SMILES string of the molecule is COC(=O)C1CC(c2ccc(-c3ccc(/C=C/C(CO)n4ccnc4[C@H](C)O)cc3)cc2)C1. The molecule has 1 unspecified atom stereocenters. The van der Waals surface area contributed by atoms with Crippen LogP contribution in [0.1, 0.15) is 54.8 Å². The molecule has 4 rings (SSSR count). The van der Waals surface area contributed by atoms with E-state index in [9.17, 15) is 15.0 Å². The van der Waals surface area contributed by atoms with E-state index in [4.69, 9.17) is 4.74 Å². The van der Waals surface area contributed by atoms with E-state index in [2.05, 4.69) is 41.4 Å². The average molecular weight is 447 g/mol. The molecule has 0 aliphatic heterocycles. The highest BCUT2D eigenvalue weighted by Gasteiger charge is 2.35. The summed E-state index contributed by atoms with van der Waals surface area (Å²) in [7, 11) is 1.45. The Morgan fingerprint density at radius 1 is 1.15 bits per heavy atom. The molecular formula is C27H30N2O4. The molecule has 33 heavy (non-hydrogen) atoms. The molecule has 1 saturated carbocycles. The zero-order chi connectivity index (χ0) is 23.4. The molecule has 3 aromatic rings. The van der Waals surface area contributed by atoms with Crippen LogP contribution in [0, 0.1) is 5.92 Å². The number of benzene rings is 2. The van der Waals surface area contributed by atoms with Crippen LogP contribution in [0.5, 0.6) is 0 Å². The normalized spacial score (nSPS) is 19.8. The summed E-state index contributed by atoms with van der Waals surface area (Å²) in [6, 6.07) is 16.5. The number of carbonyl (C=O) groups excluding carboxylic acids is 1. The highest BCUT2D eigenvalue weighted by molar-refractivity contribution is 5.74. The molecule has 0 spiro atoms. The minimum Gasteiger partial charge on any atom is -0.469 e. The number of rotatable bonds is 8. The zero-order valence-electron chi connectivity index (χ0n) is 19.0. The van der Waals surface area contributed by atoms with Crippen LogP contribution in [-0.2, 0) is 9.53 Å². The minimum atomic E-state index is -0.702. The van der Waals surface area contributed by atoms with Gasteiger partial charge in [-0.2, -0.15) is 0 Å². The standard InChI is InChI=1S/C27H30N2O4/c1-18(31)26-28-13-14-29(26)25(17-30)12-5-19-3-6-20(7-4-19)21-8-10-22(11-9-21)23-15-24(16-23)27(32)33-2/h3-14,18,23-25,30-31H,15-17H2,1-2H3/b12-5+/t18-,23?,24?,25?/m0/s1. The van der Waals surface area contributed by atoms with Crippen molar-refractivity contribution in [2.45, 2.75) is 37.8 Å². The second-order valence-corrected chi connectivity index (χ2v) is 8.61. The van der Waals surface area contributed by atoms with E-state index in [0.29, 0.717) is 11.7 Å². The molecule has 1 aromatic heterocycles. The number of aromatic nitrogens is 2. The van der Waals surface area contributed by atoms with E-state index in [-0.39, 0.29) is 24.5 Å². The van der Waals surface area contributed by atoms with Gasteiger partial charge in [0.05, 0.1) is 25.7 Å². The summed E-state index contributed by atoms with van der Waals surface area (Å²) >= 11 is 0. The number of imidazole rings is 1. The largest absolute Gasteiger partial charge is 0.469 e. The molecule has 0 amide bonds. The summed E-state index contributed by atoms with van der Waals surface area (Å²) in [4.78, 5) is 15.8. The molecule has 6 nitrogen and oxygen atoms in total. The first-order valence-corrected chi connectivity index (χ1v) is 11.3. The van der Waals surface area contributed by atoms with Gasteiger partial charge >= 0.3 is 5.97 Å². The van der Waals surface area contributed by atoms with Crippen molar-refractivity contribution in [1.29, 1.82) is 0 Å². The molecule has 0 radical (unpaired) electrons. The molecule has 1 aliphatic rings. The summed E-state index contributed by atoms with van der Waals surface area (Å²) in [5.41, 5.74) is 4.57. The van der Waals surface area contributed by atoms with Crippen molar-refractivity contribution in [1.82, 2.24) is 9.55 Å². The Labute approximate surface area is 194 Å². The number of aliphatic hydroxyl groups is 2. The van der Waals surface area contributed by atoms with Crippen molar-refractivity contribution in [3.8, 4) is 11.1 Å². The van der Waals surface area contributed by atoms with Crippen LogP contribution in [0.15, 0.2) is 67.0 Å². The summed E-state index contributed by atoms with van der Waals surface area (Å²) in [5, 5.41) is 19.7. The summed E-state index contributed by atoms with van der Waals surface area (Å²) in [6.07, 6.45) is 8.29. The maximum absolute atomic E-state index is 11.6. The monoisotopic (exact) mass is 446 g/mol. The van der Waals surface area contributed by atoms with Gasteiger partial charge in [-0.25, -0.2) is 4.98 Å². The second-order valence-electron chi connectivity index (χ2n) is 8.61. The van der Waals surface area contributed by atoms with E-state index >= 15 is 0 Å². The lowest BCUT2D eigenvalue weighted by atomic mass is 9.71. The van der Waals surface area contributed by atoms with Crippen LogP contribution in [0.2, 0.25) is 0 Å². The first-order chi connectivity index (χ1) is 16.0. The van der Waals surface area contributed by atoms with E-state index in [1.807, 2.05) is 24.3 Å². The van der Waals surface area contributed by atoms with Crippen molar-refractivity contribution in [3.05, 3.63) is 84.0 Å². The third kappa shape index (κ3) is 5.07. The number of hydrogen-bond donors (Lipinski definition) is 2. The number of ether oxygens (including phenoxy) is 1. The van der Waals surface area contributed by atoms with Crippen LogP contribution in [-0.4, -0.2) is 39.5 Å². The highest BCUT2D eigenvalue weighted by atomic mass is 16.5. The topological polar surface area (TPSA) is 84.6 Å². The fourth-order valence-electron chi connectivity index (χ4n) is 4.38. The van der Waals surface area contributed by atoms with Crippen molar-refractivity contribution in [2.75, 3.05) is 13.7 Å². The molecule has 0 bridgehead atoms. The molecule has 2 N–H and O–H groups in total. The van der Waals surface area contributed by atoms with Crippen LogP contribution in [0.25, 0.3) is 17.2 Å². The Morgan fingerprint density at radius 2 is 1.79 bits per heavy atom. The molecule has 0 saturated heterocycles. The van der Waals surface area contributed by atoms with Crippen LogP contribution in [0.4, 0.5) is 0 Å². The average Bonchev–Trinajstić information content (AvgIpc) is 3.29. The molecule has 172 valence electrons. The lowest BCUT2D eigenvalue weighted by Crippen LogP contribution is -2.29. The highest BCUT2D eigenvalue weighted by Crippen LogP contribution is 2.42. The summed E-state index contributed by atoms with van der Waals surface area (Å²) in [6.45, 7) is 1.58. The summed E-state index contributed by atoms with van der Waals surface area (Å²) < 4.78 is 6.61. The van der Waals surface area contributed by atoms with Crippen LogP contribution < -0.4 is 0 Å². The zero-order valence-corrected chi connectivity index (χ0v) is 19.0. The molecule has 6 heteroatoms. The van der Waals surface area contributed by atoms with Gasteiger partial charge in [-0.05, 0) is 47.9 Å². The van der Waals surface area contributed by atoms with E-state index in [0.717, 1.165) is 29.5 Å². The third-order valence-electron chi connectivity index (χ3n) is 6.43. The minimum absolute atomic E-state index is 0.0399. The van der Waals surface area contributed by atoms with E-state index in [1.54, 1.807) is 23.9 Å². The molecule has 2 atom stereocenters. The van der Waals surface area contributed by atoms with Gasteiger partial charge in [0, 0.05) is 12.4 Å². The number of esters is 1. The number of aliphatic hydroxyl groups excluding tert-OH is 2. The van der Waals surface area contributed by atoms with Gasteiger partial charge in [0.25, 0.3) is 0 Å². The van der Waals surface area contributed by atoms with Gasteiger partial charge in [0.2, 0.25) is 0 Å². The van der Waals surface area contributed by atoms with Gasteiger partial charge in [-0.1, -0.05) is 60.7 Å². The number of carbonyl (C=O) groups is 1. The maximum Gasteiger partial charge on any atom is 0.308 e. The van der Waals surface area contributed by atoms with Gasteiger partial charge < -0.3 is 19.5 Å². The van der Waals surface area contributed by atoms with Gasteiger partial charge in [0.1, 0.15) is 11.9 Å². The Hall–Kier alpha value is -3.22. The molecule has 1 aliphatic carbocycles. The lowest BCUT2D eigenvalue weighted by molar-refractivity contribution is -0.148. The predicted octanol–water partition coefficient (Wildman–Crippen LogP) is 4.52. The molecule has 2 aromatic carbocycles. The van der Waals surface area contributed by atoms with Gasteiger partial charge in [-0.3, -0.25) is 4.79 Å². The number of methoxy groups -OCH3 is 1. The van der Waals surface area contributed by atoms with Gasteiger partial charge in [-0.15, -0.1) is 0 Å². The lowest BCUT2D eigenvalue weighted by Gasteiger charge is -2.33. The fraction of sp³-hybridized carbons (Fsp3) is 0.333. The van der Waals surface area contributed by atoms with Crippen LogP contribution in [0.3, 0.4) is 0 Å². The molecule has 1 heterocycles. The van der Waals surface area contributed by atoms with Crippen molar-refractivity contribution < 1.29 is 19.7 Å². The quantitative estimate of drug-likeness (QED) is 0.497. The number of hydrogen-bond acceptors (Lipinski definition) is 5. The Bertz CT molecular complexity index is 1090. The third-order valence-corrected chi connectivity index (χ3v) is 6.43. The van der Waals surface area contributed by atoms with Crippen molar-refractivity contribution in [3.63, 3.8) is 0 Å². The van der Waals surface area contributed by atoms with E-state index < -0.39 is 6.10 Å². The molecular weight excluding hydrogens is 416 g/mol. The Morgan fingerprint density at radius 3 is 2.36 bits per heavy atom. The second kappa shape index (κ2) is 10.1. The van der Waals surface area contributed by atoms with E-state index in [1.165, 1.54) is 12.7 Å². The predicted molar refractivity (Wildman–Crippen MR) is 127 cm³/mol. The fourth-order valence-corrected chi connectivity index (χ4v) is 4.38. The van der Waals surface area contributed by atoms with Gasteiger partial charge in [0.15, 0.2) is 0 Å².